The molecule has 3 N–H and O–H groups in total. The highest BCUT2D eigenvalue weighted by atomic mass is 32.2. The Morgan fingerprint density at radius 1 is 1.21 bits per heavy atom. The van der Waals surface area contributed by atoms with E-state index in [0.717, 1.165) is 23.1 Å². The number of pyridine rings is 1. The average molecular weight is 402 g/mol. The number of hydrogen-bond acceptors (Lipinski definition) is 6. The van der Waals surface area contributed by atoms with Crippen molar-refractivity contribution in [1.82, 2.24) is 9.55 Å². The maximum Gasteiger partial charge on any atom is 0.333 e. The monoisotopic (exact) mass is 402 g/mol. The van der Waals surface area contributed by atoms with Gasteiger partial charge >= 0.3 is 10.3 Å². The van der Waals surface area contributed by atoms with Crippen LogP contribution in [-0.4, -0.2) is 30.7 Å². The second-order valence-corrected chi connectivity index (χ2v) is 7.94. The van der Waals surface area contributed by atoms with Crippen LogP contribution in [0.3, 0.4) is 0 Å². The number of aromatic nitrogens is 2. The predicted molar refractivity (Wildman–Crippen MR) is 106 cm³/mol. The zero-order valence-electron chi connectivity index (χ0n) is 15.2. The Bertz CT molecular complexity index is 1050. The molecular weight excluding hydrogens is 380 g/mol. The number of nitrogens with zero attached hydrogens (tertiary/aromatic N) is 2. The van der Waals surface area contributed by atoms with Gasteiger partial charge in [0.2, 0.25) is 0 Å². The highest BCUT2D eigenvalue weighted by molar-refractivity contribution is 7.84. The fraction of sp³-hybridized carbons (Fsp3) is 0.316. The summed E-state index contributed by atoms with van der Waals surface area (Å²) in [5, 5.41) is 9.27. The molecule has 1 saturated heterocycles. The van der Waals surface area contributed by atoms with Crippen LogP contribution < -0.4 is 10.5 Å². The number of fused-ring (bicyclic) bond motifs is 1. The number of anilines is 1. The van der Waals surface area contributed by atoms with Gasteiger partial charge in [-0.05, 0) is 30.5 Å². The van der Waals surface area contributed by atoms with Crippen molar-refractivity contribution < 1.29 is 17.3 Å². The van der Waals surface area contributed by atoms with E-state index in [1.54, 1.807) is 6.20 Å². The number of benzene rings is 1. The van der Waals surface area contributed by atoms with Gasteiger partial charge in [0.1, 0.15) is 12.0 Å². The number of nitrogens with one attached hydrogen (secondary N) is 1. The molecule has 1 aliphatic rings. The third kappa shape index (κ3) is 4.33. The van der Waals surface area contributed by atoms with Crippen LogP contribution in [0, 0.1) is 0 Å². The zero-order valence-corrected chi connectivity index (χ0v) is 16.0. The lowest BCUT2D eigenvalue weighted by Gasteiger charge is -2.16. The van der Waals surface area contributed by atoms with Crippen molar-refractivity contribution in [3.8, 4) is 0 Å². The Labute approximate surface area is 163 Å². The van der Waals surface area contributed by atoms with Gasteiger partial charge in [-0.25, -0.2) is 10.1 Å². The molecule has 0 amide bonds. The summed E-state index contributed by atoms with van der Waals surface area (Å²) in [5.41, 5.74) is 2.18. The van der Waals surface area contributed by atoms with E-state index in [4.69, 9.17) is 9.88 Å². The molecule has 28 heavy (non-hydrogen) atoms. The van der Waals surface area contributed by atoms with Gasteiger partial charge in [-0.1, -0.05) is 30.3 Å². The molecule has 0 spiro atoms. The van der Waals surface area contributed by atoms with Crippen molar-refractivity contribution in [2.24, 2.45) is 5.14 Å². The van der Waals surface area contributed by atoms with E-state index in [-0.39, 0.29) is 18.9 Å². The fourth-order valence-electron chi connectivity index (χ4n) is 3.45. The number of ether oxygens (including phenoxy) is 1. The summed E-state index contributed by atoms with van der Waals surface area (Å²) in [6.45, 7) is 0.616. The minimum absolute atomic E-state index is 0.0695. The maximum absolute atomic E-state index is 11.0. The molecule has 2 aromatic heterocycles. The average Bonchev–Trinajstić information content (AvgIpc) is 3.32. The van der Waals surface area contributed by atoms with E-state index < -0.39 is 10.3 Å². The summed E-state index contributed by atoms with van der Waals surface area (Å²) in [7, 11) is -3.96. The first-order valence-electron chi connectivity index (χ1n) is 9.05. The molecule has 0 unspecified atom stereocenters. The van der Waals surface area contributed by atoms with Gasteiger partial charge in [0.05, 0.1) is 18.2 Å². The summed E-state index contributed by atoms with van der Waals surface area (Å²) in [4.78, 5) is 4.47. The highest BCUT2D eigenvalue weighted by Gasteiger charge is 2.28. The molecule has 1 fully saturated rings. The van der Waals surface area contributed by atoms with Crippen LogP contribution in [0.2, 0.25) is 0 Å². The molecule has 0 aliphatic carbocycles. The lowest BCUT2D eigenvalue weighted by atomic mass is 10.2. The molecule has 148 valence electrons. The van der Waals surface area contributed by atoms with E-state index in [9.17, 15) is 8.42 Å². The number of rotatable bonds is 7. The van der Waals surface area contributed by atoms with Crippen LogP contribution in [0.25, 0.3) is 10.9 Å². The Morgan fingerprint density at radius 3 is 2.82 bits per heavy atom. The normalized spacial score (nSPS) is 19.9. The van der Waals surface area contributed by atoms with E-state index in [1.807, 2.05) is 41.1 Å². The van der Waals surface area contributed by atoms with Gasteiger partial charge in [0.15, 0.2) is 0 Å². The largest absolute Gasteiger partial charge is 0.365 e. The van der Waals surface area contributed by atoms with Crippen LogP contribution in [0.4, 0.5) is 5.82 Å². The molecule has 2 atom stereocenters. The third-order valence-electron chi connectivity index (χ3n) is 4.76. The molecule has 3 heterocycles. The molecule has 1 aliphatic heterocycles. The minimum Gasteiger partial charge on any atom is -0.365 e. The standard InChI is InChI=1S/C19H22N4O4S/c20-28(24,25)26-13-15-6-7-18(27-15)23-11-9-16-17(23)8-10-21-19(16)22-12-14-4-2-1-3-5-14/h1-5,8-11,15,18H,6-7,12-13H2,(H,21,22)(H2,20,24,25)/t15-,18+/m0/s1. The molecule has 0 radical (unpaired) electrons. The van der Waals surface area contributed by atoms with Crippen molar-refractivity contribution in [2.75, 3.05) is 11.9 Å². The van der Waals surface area contributed by atoms with Crippen LogP contribution >= 0.6 is 0 Å². The maximum atomic E-state index is 11.0. The number of hydrogen-bond donors (Lipinski definition) is 2. The summed E-state index contributed by atoms with van der Waals surface area (Å²) in [5.74, 6) is 0.812. The topological polar surface area (TPSA) is 108 Å². The van der Waals surface area contributed by atoms with Crippen LogP contribution in [0.5, 0.6) is 0 Å². The zero-order chi connectivity index (χ0) is 19.6. The fourth-order valence-corrected chi connectivity index (χ4v) is 3.79. The Morgan fingerprint density at radius 2 is 2.04 bits per heavy atom. The van der Waals surface area contributed by atoms with E-state index in [0.29, 0.717) is 13.0 Å². The predicted octanol–water partition coefficient (Wildman–Crippen LogP) is 2.55. The van der Waals surface area contributed by atoms with E-state index in [2.05, 4.69) is 26.6 Å². The molecule has 4 rings (SSSR count). The Hall–Kier alpha value is -2.46. The van der Waals surface area contributed by atoms with Crippen LogP contribution in [-0.2, 0) is 25.8 Å². The van der Waals surface area contributed by atoms with E-state index in [1.165, 1.54) is 5.56 Å². The van der Waals surface area contributed by atoms with Crippen molar-refractivity contribution in [3.05, 3.63) is 60.4 Å². The molecule has 0 bridgehead atoms. The first-order chi connectivity index (χ1) is 13.5. The quantitative estimate of drug-likeness (QED) is 0.629. The van der Waals surface area contributed by atoms with Gasteiger partial charge in [-0.2, -0.15) is 8.42 Å². The minimum atomic E-state index is -3.96. The van der Waals surface area contributed by atoms with Gasteiger partial charge in [-0.3, -0.25) is 4.18 Å². The van der Waals surface area contributed by atoms with Gasteiger partial charge in [-0.15, -0.1) is 0 Å². The molecule has 8 nitrogen and oxygen atoms in total. The third-order valence-corrected chi connectivity index (χ3v) is 5.23. The van der Waals surface area contributed by atoms with Crippen molar-refractivity contribution in [2.45, 2.75) is 31.7 Å². The van der Waals surface area contributed by atoms with Gasteiger partial charge in [0.25, 0.3) is 0 Å². The molecule has 1 aromatic carbocycles. The second kappa shape index (κ2) is 7.88. The van der Waals surface area contributed by atoms with E-state index >= 15 is 0 Å². The van der Waals surface area contributed by atoms with Crippen LogP contribution in [0.15, 0.2) is 54.9 Å². The lowest BCUT2D eigenvalue weighted by Crippen LogP contribution is -2.23. The van der Waals surface area contributed by atoms with Crippen LogP contribution in [0.1, 0.15) is 24.6 Å². The molecule has 3 aromatic rings. The summed E-state index contributed by atoms with van der Waals surface area (Å²) < 4.78 is 34.6. The number of nitrogens with two attached hydrogens (primary N) is 1. The SMILES string of the molecule is NS(=O)(=O)OC[C@@H]1CC[C@H](n2ccc3c(NCc4ccccc4)nccc32)O1. The second-order valence-electron chi connectivity index (χ2n) is 6.72. The van der Waals surface area contributed by atoms with Gasteiger partial charge < -0.3 is 14.6 Å². The first kappa shape index (κ1) is 18.9. The molecule has 9 heteroatoms. The summed E-state index contributed by atoms with van der Waals surface area (Å²) >= 11 is 0. The lowest BCUT2D eigenvalue weighted by molar-refractivity contribution is -0.0143. The molecule has 0 saturated carbocycles. The van der Waals surface area contributed by atoms with Crippen molar-refractivity contribution in [1.29, 1.82) is 0 Å². The summed E-state index contributed by atoms with van der Waals surface area (Å²) in [6, 6.07) is 14.1. The highest BCUT2D eigenvalue weighted by Crippen LogP contribution is 2.33. The Kier molecular flexibility index (Phi) is 5.31. The Balaban J connectivity index is 1.47. The molecular formula is C19H22N4O4S. The van der Waals surface area contributed by atoms with Crippen molar-refractivity contribution >= 4 is 27.0 Å². The first-order valence-corrected chi connectivity index (χ1v) is 10.5. The smallest absolute Gasteiger partial charge is 0.333 e. The van der Waals surface area contributed by atoms with Crippen molar-refractivity contribution in [3.63, 3.8) is 0 Å². The van der Waals surface area contributed by atoms with Gasteiger partial charge in [0, 0.05) is 24.3 Å². The summed E-state index contributed by atoms with van der Waals surface area (Å²) in [6.07, 6.45) is 4.70.